The van der Waals surface area contributed by atoms with Crippen molar-refractivity contribution < 1.29 is 19.1 Å². The van der Waals surface area contributed by atoms with Crippen LogP contribution in [0.3, 0.4) is 0 Å². The third-order valence-corrected chi connectivity index (χ3v) is 3.84. The molecule has 0 aromatic heterocycles. The van der Waals surface area contributed by atoms with Gasteiger partial charge in [-0.25, -0.2) is 4.79 Å². The van der Waals surface area contributed by atoms with Crippen LogP contribution in [0.1, 0.15) is 90.9 Å². The topological polar surface area (TPSA) is 52.6 Å². The van der Waals surface area contributed by atoms with Gasteiger partial charge in [-0.15, -0.1) is 0 Å². The van der Waals surface area contributed by atoms with E-state index in [4.69, 9.17) is 9.47 Å². The molecule has 141 valence electrons. The van der Waals surface area contributed by atoms with Crippen molar-refractivity contribution in [2.24, 2.45) is 0 Å². The van der Waals surface area contributed by atoms with Crippen LogP contribution in [0.15, 0.2) is 12.2 Å². The first kappa shape index (κ1) is 26.9. The van der Waals surface area contributed by atoms with Crippen molar-refractivity contribution in [1.82, 2.24) is 0 Å². The maximum atomic E-state index is 11.7. The van der Waals surface area contributed by atoms with E-state index >= 15 is 0 Å². The Morgan fingerprint density at radius 3 is 1.76 bits per heavy atom. The van der Waals surface area contributed by atoms with E-state index in [0.29, 0.717) is 13.2 Å². The van der Waals surface area contributed by atoms with E-state index in [1.54, 1.807) is 0 Å². The minimum absolute atomic E-state index is 0. The van der Waals surface area contributed by atoms with Gasteiger partial charge in [0.2, 0.25) is 0 Å². The van der Waals surface area contributed by atoms with E-state index in [9.17, 15) is 9.59 Å². The Balaban J connectivity index is 0. The minimum atomic E-state index is -0.487. The predicted molar refractivity (Wildman–Crippen MR) is 104 cm³/mol. The second-order valence-corrected chi connectivity index (χ2v) is 6.32. The van der Waals surface area contributed by atoms with Crippen molar-refractivity contribution in [2.75, 3.05) is 13.2 Å². The Labute approximate surface area is 176 Å². The number of unbranched alkanes of at least 4 members (excludes halogenated alkanes) is 9. The van der Waals surface area contributed by atoms with E-state index in [2.05, 4.69) is 13.5 Å². The maximum absolute atomic E-state index is 11.7. The molecule has 0 aliphatic carbocycles. The largest absolute Gasteiger partial charge is 0.465 e. The fraction of sp³-hybridized carbons (Fsp3) is 0.800. The summed E-state index contributed by atoms with van der Waals surface area (Å²) >= 11 is 0. The van der Waals surface area contributed by atoms with Gasteiger partial charge in [0.25, 0.3) is 0 Å². The van der Waals surface area contributed by atoms with Gasteiger partial charge in [0, 0.05) is 35.1 Å². The van der Waals surface area contributed by atoms with Crippen LogP contribution in [0.2, 0.25) is 0 Å². The van der Waals surface area contributed by atoms with E-state index in [-0.39, 0.29) is 41.6 Å². The Morgan fingerprint density at radius 2 is 1.24 bits per heavy atom. The molecule has 0 bridgehead atoms. The molecule has 0 aromatic rings. The first-order valence-corrected chi connectivity index (χ1v) is 9.62. The molecule has 0 rings (SSSR count). The molecule has 0 heterocycles. The van der Waals surface area contributed by atoms with Crippen LogP contribution >= 0.6 is 0 Å². The standard InChI is InChI=1S/C20H36O4.Na/c1-4-6-7-8-9-10-11-12-13-14-16-24-20(22)18(3)17-19(21)23-15-5-2;/h3-17H2,1-2H3;. The third-order valence-electron chi connectivity index (χ3n) is 3.84. The first-order valence-electron chi connectivity index (χ1n) is 9.62. The Morgan fingerprint density at radius 1 is 0.720 bits per heavy atom. The third kappa shape index (κ3) is 18.3. The molecule has 0 aliphatic rings. The van der Waals surface area contributed by atoms with Crippen molar-refractivity contribution in [3.8, 4) is 0 Å². The number of esters is 2. The van der Waals surface area contributed by atoms with E-state index in [1.807, 2.05) is 6.92 Å². The summed E-state index contributed by atoms with van der Waals surface area (Å²) in [6, 6.07) is 0. The van der Waals surface area contributed by atoms with Gasteiger partial charge in [0.15, 0.2) is 0 Å². The quantitative estimate of drug-likeness (QED) is 0.168. The molecule has 25 heavy (non-hydrogen) atoms. The van der Waals surface area contributed by atoms with Crippen LogP contribution in [0.5, 0.6) is 0 Å². The van der Waals surface area contributed by atoms with Crippen molar-refractivity contribution in [1.29, 1.82) is 0 Å². The van der Waals surface area contributed by atoms with Gasteiger partial charge < -0.3 is 9.47 Å². The molecular formula is C20H36NaO4. The van der Waals surface area contributed by atoms with Gasteiger partial charge in [-0.1, -0.05) is 78.2 Å². The summed E-state index contributed by atoms with van der Waals surface area (Å²) < 4.78 is 10.1. The van der Waals surface area contributed by atoms with Crippen LogP contribution < -0.4 is 0 Å². The zero-order valence-electron chi connectivity index (χ0n) is 16.7. The summed E-state index contributed by atoms with van der Waals surface area (Å²) in [5.41, 5.74) is 0.170. The number of rotatable bonds is 16. The second-order valence-electron chi connectivity index (χ2n) is 6.32. The first-order chi connectivity index (χ1) is 11.6. The number of hydrogen-bond donors (Lipinski definition) is 0. The molecule has 0 aliphatic heterocycles. The van der Waals surface area contributed by atoms with E-state index < -0.39 is 11.9 Å². The molecule has 0 unspecified atom stereocenters. The van der Waals surface area contributed by atoms with Crippen molar-refractivity contribution in [3.05, 3.63) is 12.2 Å². The average Bonchev–Trinajstić information content (AvgIpc) is 2.57. The summed E-state index contributed by atoms with van der Waals surface area (Å²) in [5.74, 6) is -0.905. The monoisotopic (exact) mass is 363 g/mol. The van der Waals surface area contributed by atoms with Crippen LogP contribution in [0.25, 0.3) is 0 Å². The van der Waals surface area contributed by atoms with Crippen LogP contribution in [0.4, 0.5) is 0 Å². The number of carbonyl (C=O) groups excluding carboxylic acids is 2. The molecule has 0 spiro atoms. The fourth-order valence-electron chi connectivity index (χ4n) is 2.37. The summed E-state index contributed by atoms with van der Waals surface area (Å²) in [7, 11) is 0. The van der Waals surface area contributed by atoms with E-state index in [0.717, 1.165) is 19.3 Å². The molecule has 5 heteroatoms. The summed E-state index contributed by atoms with van der Waals surface area (Å²) in [5, 5.41) is 0. The minimum Gasteiger partial charge on any atom is -0.465 e. The zero-order valence-corrected chi connectivity index (χ0v) is 18.7. The predicted octanol–water partition coefficient (Wildman–Crippen LogP) is 4.97. The Bertz CT molecular complexity index is 356. The van der Waals surface area contributed by atoms with Crippen molar-refractivity contribution >= 4 is 41.5 Å². The van der Waals surface area contributed by atoms with Crippen molar-refractivity contribution in [2.45, 2.75) is 90.9 Å². The average molecular weight is 363 g/mol. The normalized spacial score (nSPS) is 10.0. The SMILES string of the molecule is C=C(CC(=O)OCCC)C(=O)OCCCCCCCCCCCC.[Na]. The van der Waals surface area contributed by atoms with Crippen LogP contribution in [-0.2, 0) is 19.1 Å². The zero-order chi connectivity index (χ0) is 18.0. The van der Waals surface area contributed by atoms with Gasteiger partial charge in [-0.05, 0) is 12.8 Å². The summed E-state index contributed by atoms with van der Waals surface area (Å²) in [4.78, 5) is 23.1. The van der Waals surface area contributed by atoms with Gasteiger partial charge in [0.1, 0.15) is 0 Å². The molecule has 0 fully saturated rings. The van der Waals surface area contributed by atoms with Gasteiger partial charge in [0.05, 0.1) is 19.6 Å². The summed E-state index contributed by atoms with van der Waals surface area (Å²) in [6.07, 6.45) is 13.1. The molecule has 0 N–H and O–H groups in total. The number of hydrogen-bond acceptors (Lipinski definition) is 4. The smallest absolute Gasteiger partial charge is 0.333 e. The van der Waals surface area contributed by atoms with Crippen LogP contribution in [0, 0.1) is 0 Å². The molecule has 4 nitrogen and oxygen atoms in total. The molecule has 0 amide bonds. The van der Waals surface area contributed by atoms with Crippen LogP contribution in [-0.4, -0.2) is 54.7 Å². The molecule has 0 saturated heterocycles. The molecule has 0 atom stereocenters. The summed E-state index contributed by atoms with van der Waals surface area (Å²) in [6.45, 7) is 8.53. The van der Waals surface area contributed by atoms with Crippen molar-refractivity contribution in [3.63, 3.8) is 0 Å². The van der Waals surface area contributed by atoms with Gasteiger partial charge >= 0.3 is 11.9 Å². The van der Waals surface area contributed by atoms with Gasteiger partial charge in [-0.3, -0.25) is 4.79 Å². The Hall–Kier alpha value is -0.320. The molecule has 0 saturated carbocycles. The molecule has 0 aromatic carbocycles. The molecule has 1 radical (unpaired) electrons. The van der Waals surface area contributed by atoms with E-state index in [1.165, 1.54) is 51.4 Å². The number of ether oxygens (including phenoxy) is 2. The second kappa shape index (κ2) is 20.0. The fourth-order valence-corrected chi connectivity index (χ4v) is 2.37. The molecular weight excluding hydrogens is 327 g/mol. The number of carbonyl (C=O) groups is 2. The Kier molecular flexibility index (Phi) is 21.5. The maximum Gasteiger partial charge on any atom is 0.333 e. The van der Waals surface area contributed by atoms with Gasteiger partial charge in [-0.2, -0.15) is 0 Å².